The second kappa shape index (κ2) is 5.61. The highest BCUT2D eigenvalue weighted by Gasteiger charge is 2.35. The number of aliphatic hydroxyl groups excluding tert-OH is 1. The van der Waals surface area contributed by atoms with Crippen LogP contribution < -0.4 is 0 Å². The number of nitriles is 1. The summed E-state index contributed by atoms with van der Waals surface area (Å²) < 4.78 is 5.69. The van der Waals surface area contributed by atoms with E-state index in [2.05, 4.69) is 0 Å². The van der Waals surface area contributed by atoms with Crippen LogP contribution in [0.1, 0.15) is 29.8 Å². The molecule has 0 spiro atoms. The second-order valence-electron chi connectivity index (χ2n) is 5.56. The van der Waals surface area contributed by atoms with Crippen molar-refractivity contribution in [2.24, 2.45) is 0 Å². The predicted molar refractivity (Wildman–Crippen MR) is 73.1 cm³/mol. The topological polar surface area (TPSA) is 73.6 Å². The highest BCUT2D eigenvalue weighted by Crippen LogP contribution is 2.22. The largest absolute Gasteiger partial charge is 0.394 e. The van der Waals surface area contributed by atoms with Crippen molar-refractivity contribution in [2.75, 3.05) is 19.7 Å². The summed E-state index contributed by atoms with van der Waals surface area (Å²) in [7, 11) is 0. The van der Waals surface area contributed by atoms with Crippen LogP contribution in [0.25, 0.3) is 0 Å². The van der Waals surface area contributed by atoms with E-state index in [-0.39, 0.29) is 18.6 Å². The minimum absolute atomic E-state index is 0.120. The van der Waals surface area contributed by atoms with Gasteiger partial charge in [0, 0.05) is 18.7 Å². The predicted octanol–water partition coefficient (Wildman–Crippen LogP) is 1.17. The number of carbonyl (C=O) groups excluding carboxylic acids is 1. The maximum atomic E-state index is 12.5. The molecular formula is C15H18N2O3. The first-order chi connectivity index (χ1) is 9.45. The highest BCUT2D eigenvalue weighted by atomic mass is 16.5. The lowest BCUT2D eigenvalue weighted by atomic mass is 10.0. The van der Waals surface area contributed by atoms with Crippen molar-refractivity contribution < 1.29 is 14.6 Å². The van der Waals surface area contributed by atoms with Gasteiger partial charge < -0.3 is 14.7 Å². The third-order valence-corrected chi connectivity index (χ3v) is 3.21. The average Bonchev–Trinajstić information content (AvgIpc) is 2.44. The first kappa shape index (κ1) is 14.5. The van der Waals surface area contributed by atoms with Crippen molar-refractivity contribution in [1.82, 2.24) is 4.90 Å². The quantitative estimate of drug-likeness (QED) is 0.878. The van der Waals surface area contributed by atoms with E-state index in [1.807, 2.05) is 19.9 Å². The van der Waals surface area contributed by atoms with Gasteiger partial charge >= 0.3 is 0 Å². The molecule has 0 aliphatic carbocycles. The maximum Gasteiger partial charge on any atom is 0.254 e. The summed E-state index contributed by atoms with van der Waals surface area (Å²) in [4.78, 5) is 14.2. The lowest BCUT2D eigenvalue weighted by Gasteiger charge is -2.42. The van der Waals surface area contributed by atoms with Gasteiger partial charge in [0.15, 0.2) is 0 Å². The number of benzene rings is 1. The lowest BCUT2D eigenvalue weighted by Crippen LogP contribution is -2.55. The van der Waals surface area contributed by atoms with E-state index >= 15 is 0 Å². The van der Waals surface area contributed by atoms with Crippen molar-refractivity contribution in [1.29, 1.82) is 5.26 Å². The molecular weight excluding hydrogens is 256 g/mol. The number of morpholine rings is 1. The molecule has 1 N–H and O–H groups in total. The minimum atomic E-state index is -0.492. The van der Waals surface area contributed by atoms with E-state index in [0.717, 1.165) is 0 Å². The molecule has 5 heteroatoms. The second-order valence-corrected chi connectivity index (χ2v) is 5.56. The van der Waals surface area contributed by atoms with Gasteiger partial charge in [-0.2, -0.15) is 5.26 Å². The van der Waals surface area contributed by atoms with Gasteiger partial charge in [-0.15, -0.1) is 0 Å². The molecule has 1 unspecified atom stereocenters. The van der Waals surface area contributed by atoms with E-state index < -0.39 is 5.60 Å². The van der Waals surface area contributed by atoms with Crippen molar-refractivity contribution in [3.8, 4) is 6.07 Å². The number of hydrogen-bond donors (Lipinski definition) is 1. The normalized spacial score (nSPS) is 21.3. The zero-order valence-electron chi connectivity index (χ0n) is 11.7. The Morgan fingerprint density at radius 3 is 3.00 bits per heavy atom. The van der Waals surface area contributed by atoms with Gasteiger partial charge in [0.25, 0.3) is 5.91 Å². The molecule has 1 aliphatic rings. The van der Waals surface area contributed by atoms with Crippen LogP contribution in [0.15, 0.2) is 24.3 Å². The zero-order valence-corrected chi connectivity index (χ0v) is 11.7. The van der Waals surface area contributed by atoms with Crippen LogP contribution in [0.2, 0.25) is 0 Å². The molecule has 0 radical (unpaired) electrons. The standard InChI is InChI=1S/C15H18N2O3/c1-15(2)10-17(8-13(9-18)20-15)14(19)12-5-3-4-11(6-12)7-16/h3-6,13,18H,8-10H2,1-2H3. The third kappa shape index (κ3) is 3.16. The van der Waals surface area contributed by atoms with Gasteiger partial charge in [-0.1, -0.05) is 6.07 Å². The summed E-state index contributed by atoms with van der Waals surface area (Å²) in [6.45, 7) is 4.47. The summed E-state index contributed by atoms with van der Waals surface area (Å²) in [5, 5.41) is 18.2. The fourth-order valence-corrected chi connectivity index (χ4v) is 2.45. The molecule has 5 nitrogen and oxygen atoms in total. The number of hydrogen-bond acceptors (Lipinski definition) is 4. The Labute approximate surface area is 118 Å². The van der Waals surface area contributed by atoms with E-state index in [1.54, 1.807) is 29.2 Å². The zero-order chi connectivity index (χ0) is 14.8. The number of nitrogens with zero attached hydrogens (tertiary/aromatic N) is 2. The molecule has 1 saturated heterocycles. The molecule has 1 aliphatic heterocycles. The molecule has 0 bridgehead atoms. The van der Waals surface area contributed by atoms with Crippen LogP contribution >= 0.6 is 0 Å². The fourth-order valence-electron chi connectivity index (χ4n) is 2.45. The van der Waals surface area contributed by atoms with Gasteiger partial charge in [-0.25, -0.2) is 0 Å². The van der Waals surface area contributed by atoms with Crippen LogP contribution in [-0.2, 0) is 4.74 Å². The van der Waals surface area contributed by atoms with Crippen molar-refractivity contribution in [3.05, 3.63) is 35.4 Å². The average molecular weight is 274 g/mol. The van der Waals surface area contributed by atoms with Crippen LogP contribution in [0.3, 0.4) is 0 Å². The summed E-state index contributed by atoms with van der Waals surface area (Å²) >= 11 is 0. The first-order valence-corrected chi connectivity index (χ1v) is 6.53. The molecule has 0 aromatic heterocycles. The van der Waals surface area contributed by atoms with Crippen molar-refractivity contribution in [2.45, 2.75) is 25.6 Å². The number of amides is 1. The Morgan fingerprint density at radius 2 is 2.35 bits per heavy atom. The van der Waals surface area contributed by atoms with Gasteiger partial charge in [-0.05, 0) is 32.0 Å². The summed E-state index contributed by atoms with van der Waals surface area (Å²) in [5.41, 5.74) is 0.453. The van der Waals surface area contributed by atoms with Crippen LogP contribution in [-0.4, -0.2) is 47.3 Å². The molecule has 1 aromatic carbocycles. The maximum absolute atomic E-state index is 12.5. The van der Waals surface area contributed by atoms with E-state index in [4.69, 9.17) is 10.00 Å². The molecule has 1 fully saturated rings. The molecule has 1 aromatic rings. The first-order valence-electron chi connectivity index (χ1n) is 6.53. The fraction of sp³-hybridized carbons (Fsp3) is 0.467. The Morgan fingerprint density at radius 1 is 1.60 bits per heavy atom. The van der Waals surface area contributed by atoms with Crippen LogP contribution in [0.5, 0.6) is 0 Å². The van der Waals surface area contributed by atoms with E-state index in [9.17, 15) is 9.90 Å². The molecule has 20 heavy (non-hydrogen) atoms. The minimum Gasteiger partial charge on any atom is -0.394 e. The smallest absolute Gasteiger partial charge is 0.254 e. The van der Waals surface area contributed by atoms with Gasteiger partial charge in [0.05, 0.1) is 29.9 Å². The monoisotopic (exact) mass is 274 g/mol. The molecule has 1 heterocycles. The highest BCUT2D eigenvalue weighted by molar-refractivity contribution is 5.94. The van der Waals surface area contributed by atoms with Gasteiger partial charge in [0.2, 0.25) is 0 Å². The number of aliphatic hydroxyl groups is 1. The Kier molecular flexibility index (Phi) is 4.07. The summed E-state index contributed by atoms with van der Waals surface area (Å²) in [5.74, 6) is -0.142. The molecule has 0 saturated carbocycles. The van der Waals surface area contributed by atoms with Crippen molar-refractivity contribution in [3.63, 3.8) is 0 Å². The number of carbonyl (C=O) groups is 1. The Hall–Kier alpha value is -1.90. The summed E-state index contributed by atoms with van der Waals surface area (Å²) in [6.07, 6.45) is -0.373. The van der Waals surface area contributed by atoms with Gasteiger partial charge in [-0.3, -0.25) is 4.79 Å². The molecule has 1 atom stereocenters. The van der Waals surface area contributed by atoms with E-state index in [0.29, 0.717) is 24.2 Å². The van der Waals surface area contributed by atoms with Gasteiger partial charge in [0.1, 0.15) is 0 Å². The van der Waals surface area contributed by atoms with Crippen molar-refractivity contribution >= 4 is 5.91 Å². The van der Waals surface area contributed by atoms with Crippen LogP contribution in [0.4, 0.5) is 0 Å². The molecule has 1 amide bonds. The number of ether oxygens (including phenoxy) is 1. The Bertz CT molecular complexity index is 548. The third-order valence-electron chi connectivity index (χ3n) is 3.21. The van der Waals surface area contributed by atoms with E-state index in [1.165, 1.54) is 0 Å². The van der Waals surface area contributed by atoms with Crippen LogP contribution in [0, 0.1) is 11.3 Å². The SMILES string of the molecule is CC1(C)CN(C(=O)c2cccc(C#N)c2)CC(CO)O1. The lowest BCUT2D eigenvalue weighted by molar-refractivity contribution is -0.139. The number of rotatable bonds is 2. The Balaban J connectivity index is 2.21. The summed E-state index contributed by atoms with van der Waals surface area (Å²) in [6, 6.07) is 8.66. The molecule has 106 valence electrons. The molecule has 2 rings (SSSR count).